The first-order valence-electron chi connectivity index (χ1n) is 11.0. The Kier molecular flexibility index (Phi) is 6.66. The topological polar surface area (TPSA) is 117 Å². The second kappa shape index (κ2) is 9.48. The smallest absolute Gasteiger partial charge is 0.324 e. The Balaban J connectivity index is 1.37. The molecule has 0 unspecified atom stereocenters. The van der Waals surface area contributed by atoms with E-state index < -0.39 is 34.4 Å². The van der Waals surface area contributed by atoms with E-state index in [2.05, 4.69) is 4.98 Å². The van der Waals surface area contributed by atoms with Gasteiger partial charge >= 0.3 is 5.97 Å². The first-order valence-corrected chi connectivity index (χ1v) is 12.5. The van der Waals surface area contributed by atoms with E-state index in [0.717, 1.165) is 22.7 Å². The highest BCUT2D eigenvalue weighted by molar-refractivity contribution is 7.89. The predicted octanol–water partition coefficient (Wildman–Crippen LogP) is 2.14. The number of aromatic nitrogens is 1. The van der Waals surface area contributed by atoms with Gasteiger partial charge in [0.2, 0.25) is 15.8 Å². The van der Waals surface area contributed by atoms with Gasteiger partial charge in [0.05, 0.1) is 4.90 Å². The van der Waals surface area contributed by atoms with Crippen molar-refractivity contribution in [3.05, 3.63) is 53.3 Å². The van der Waals surface area contributed by atoms with Crippen LogP contribution in [0.2, 0.25) is 0 Å². The highest BCUT2D eigenvalue weighted by atomic mass is 32.2. The number of likely N-dealkylation sites (tertiary alicyclic amines) is 1. The van der Waals surface area contributed by atoms with Crippen LogP contribution in [0.3, 0.4) is 0 Å². The largest absolute Gasteiger partial charge is 0.456 e. The summed E-state index contributed by atoms with van der Waals surface area (Å²) in [6.45, 7) is 2.94. The standard InChI is InChI=1S/C23H27N3O6S/c1-16-6-8-18(9-7-16)33(30,31)26-12-4-5-20(26)23(29)32-15-21(27)17-13-19(24-14-17)22(28)25-10-2-3-11-25/h6-9,13-14,20,24H,2-5,10-12,15H2,1H3/t20-/m0/s1. The highest BCUT2D eigenvalue weighted by Crippen LogP contribution is 2.27. The van der Waals surface area contributed by atoms with Crippen LogP contribution in [-0.2, 0) is 19.6 Å². The van der Waals surface area contributed by atoms with E-state index in [9.17, 15) is 22.8 Å². The molecule has 10 heteroatoms. The third-order valence-electron chi connectivity index (χ3n) is 6.08. The number of aryl methyl sites for hydroxylation is 1. The normalized spacial score (nSPS) is 19.1. The maximum atomic E-state index is 13.0. The molecule has 1 aromatic carbocycles. The number of esters is 1. The van der Waals surface area contributed by atoms with E-state index in [-0.39, 0.29) is 22.9 Å². The van der Waals surface area contributed by atoms with Crippen LogP contribution >= 0.6 is 0 Å². The number of nitrogens with zero attached hydrogens (tertiary/aromatic N) is 2. The lowest BCUT2D eigenvalue weighted by Gasteiger charge is -2.22. The molecule has 0 aliphatic carbocycles. The molecule has 9 nitrogen and oxygen atoms in total. The summed E-state index contributed by atoms with van der Waals surface area (Å²) in [5, 5.41) is 0. The number of rotatable bonds is 7. The number of Topliss-reactive ketones (excluding diaryl/α,β-unsaturated/α-hetero) is 1. The fourth-order valence-electron chi connectivity index (χ4n) is 4.19. The second-order valence-electron chi connectivity index (χ2n) is 8.42. The molecule has 0 spiro atoms. The van der Waals surface area contributed by atoms with Crippen LogP contribution in [0.5, 0.6) is 0 Å². The van der Waals surface area contributed by atoms with Gasteiger partial charge in [-0.1, -0.05) is 17.7 Å². The van der Waals surface area contributed by atoms with Crippen molar-refractivity contribution in [3.8, 4) is 0 Å². The van der Waals surface area contributed by atoms with E-state index in [1.807, 2.05) is 6.92 Å². The molecular weight excluding hydrogens is 446 g/mol. The molecule has 1 atom stereocenters. The van der Waals surface area contributed by atoms with Crippen molar-refractivity contribution in [3.63, 3.8) is 0 Å². The lowest BCUT2D eigenvalue weighted by Crippen LogP contribution is -2.41. The number of nitrogens with one attached hydrogen (secondary N) is 1. The SMILES string of the molecule is Cc1ccc(S(=O)(=O)N2CCC[C@H]2C(=O)OCC(=O)c2c[nH]c(C(=O)N3CCCC3)c2)cc1. The van der Waals surface area contributed by atoms with Gasteiger partial charge in [-0.3, -0.25) is 14.4 Å². The van der Waals surface area contributed by atoms with Crippen molar-refractivity contribution < 1.29 is 27.5 Å². The summed E-state index contributed by atoms with van der Waals surface area (Å²) in [4.78, 5) is 42.2. The highest BCUT2D eigenvalue weighted by Gasteiger charge is 2.40. The van der Waals surface area contributed by atoms with Crippen molar-refractivity contribution >= 4 is 27.7 Å². The number of benzene rings is 1. The number of amides is 1. The summed E-state index contributed by atoms with van der Waals surface area (Å²) in [7, 11) is -3.85. The van der Waals surface area contributed by atoms with E-state index in [1.54, 1.807) is 17.0 Å². The van der Waals surface area contributed by atoms with Crippen LogP contribution in [0.4, 0.5) is 0 Å². The zero-order chi connectivity index (χ0) is 23.6. The Morgan fingerprint density at radius 1 is 1.06 bits per heavy atom. The summed E-state index contributed by atoms with van der Waals surface area (Å²) >= 11 is 0. The lowest BCUT2D eigenvalue weighted by molar-refractivity contribution is -0.146. The Bertz CT molecular complexity index is 1150. The van der Waals surface area contributed by atoms with Gasteiger partial charge in [-0.05, 0) is 50.8 Å². The molecule has 4 rings (SSSR count). The Morgan fingerprint density at radius 3 is 2.45 bits per heavy atom. The quantitative estimate of drug-likeness (QED) is 0.486. The number of aromatic amines is 1. The van der Waals surface area contributed by atoms with Gasteiger partial charge in [-0.2, -0.15) is 4.31 Å². The molecule has 3 heterocycles. The number of H-pyrrole nitrogens is 1. The molecule has 2 aliphatic heterocycles. The summed E-state index contributed by atoms with van der Waals surface area (Å²) in [6.07, 6.45) is 4.20. The minimum Gasteiger partial charge on any atom is -0.456 e. The van der Waals surface area contributed by atoms with Gasteiger partial charge in [0.25, 0.3) is 5.91 Å². The number of ketones is 1. The molecule has 33 heavy (non-hydrogen) atoms. The van der Waals surface area contributed by atoms with Crippen LogP contribution in [-0.4, -0.2) is 72.5 Å². The predicted molar refractivity (Wildman–Crippen MR) is 119 cm³/mol. The first kappa shape index (κ1) is 23.2. The average Bonchev–Trinajstić information content (AvgIpc) is 3.57. The summed E-state index contributed by atoms with van der Waals surface area (Å²) in [5.74, 6) is -1.38. The molecule has 1 amide bonds. The summed E-state index contributed by atoms with van der Waals surface area (Å²) < 4.78 is 32.3. The minimum atomic E-state index is -3.85. The third-order valence-corrected chi connectivity index (χ3v) is 8.00. The van der Waals surface area contributed by atoms with Gasteiger partial charge in [0.15, 0.2) is 6.61 Å². The van der Waals surface area contributed by atoms with Gasteiger partial charge in [-0.25, -0.2) is 8.42 Å². The molecular formula is C23H27N3O6S. The molecule has 0 bridgehead atoms. The van der Waals surface area contributed by atoms with Gasteiger partial charge < -0.3 is 14.6 Å². The first-order chi connectivity index (χ1) is 15.8. The van der Waals surface area contributed by atoms with Crippen LogP contribution in [0.15, 0.2) is 41.4 Å². The molecule has 2 saturated heterocycles. The van der Waals surface area contributed by atoms with Crippen molar-refractivity contribution in [1.82, 2.24) is 14.2 Å². The molecule has 0 radical (unpaired) electrons. The summed E-state index contributed by atoms with van der Waals surface area (Å²) in [5.41, 5.74) is 1.48. The van der Waals surface area contributed by atoms with E-state index in [0.29, 0.717) is 31.6 Å². The van der Waals surface area contributed by atoms with E-state index in [1.165, 1.54) is 24.4 Å². The number of ether oxygens (including phenoxy) is 1. The van der Waals surface area contributed by atoms with E-state index >= 15 is 0 Å². The number of carbonyl (C=O) groups excluding carboxylic acids is 3. The molecule has 0 saturated carbocycles. The zero-order valence-electron chi connectivity index (χ0n) is 18.5. The number of hydrogen-bond acceptors (Lipinski definition) is 6. The van der Waals surface area contributed by atoms with Crippen LogP contribution in [0.1, 0.15) is 52.1 Å². The minimum absolute atomic E-state index is 0.117. The Labute approximate surface area is 192 Å². The molecule has 1 aromatic heterocycles. The van der Waals surface area contributed by atoms with Gasteiger partial charge in [0, 0.05) is 31.4 Å². The zero-order valence-corrected chi connectivity index (χ0v) is 19.3. The maximum Gasteiger partial charge on any atom is 0.324 e. The monoisotopic (exact) mass is 473 g/mol. The van der Waals surface area contributed by atoms with Crippen LogP contribution in [0.25, 0.3) is 0 Å². The summed E-state index contributed by atoms with van der Waals surface area (Å²) in [6, 6.07) is 6.93. The lowest BCUT2D eigenvalue weighted by atomic mass is 10.2. The van der Waals surface area contributed by atoms with Crippen molar-refractivity contribution in [2.45, 2.75) is 43.5 Å². The van der Waals surface area contributed by atoms with Crippen LogP contribution in [0, 0.1) is 6.92 Å². The molecule has 2 aliphatic rings. The van der Waals surface area contributed by atoms with Crippen molar-refractivity contribution in [2.75, 3.05) is 26.2 Å². The fourth-order valence-corrected chi connectivity index (χ4v) is 5.84. The number of hydrogen-bond donors (Lipinski definition) is 1. The molecule has 1 N–H and O–H groups in total. The van der Waals surface area contributed by atoms with Gasteiger partial charge in [0.1, 0.15) is 11.7 Å². The molecule has 2 aromatic rings. The van der Waals surface area contributed by atoms with E-state index in [4.69, 9.17) is 4.74 Å². The maximum absolute atomic E-state index is 13.0. The van der Waals surface area contributed by atoms with Crippen molar-refractivity contribution in [2.24, 2.45) is 0 Å². The number of sulfonamides is 1. The van der Waals surface area contributed by atoms with Gasteiger partial charge in [-0.15, -0.1) is 0 Å². The number of carbonyl (C=O) groups is 3. The Morgan fingerprint density at radius 2 is 1.76 bits per heavy atom. The fraction of sp³-hybridized carbons (Fsp3) is 0.435. The average molecular weight is 474 g/mol. The van der Waals surface area contributed by atoms with Crippen molar-refractivity contribution in [1.29, 1.82) is 0 Å². The molecule has 2 fully saturated rings. The third kappa shape index (κ3) is 4.86. The van der Waals surface area contributed by atoms with Crippen LogP contribution < -0.4 is 0 Å². The second-order valence-corrected chi connectivity index (χ2v) is 10.3. The molecule has 176 valence electrons. The Hall–Kier alpha value is -2.98.